The van der Waals surface area contributed by atoms with Crippen LogP contribution in [0.4, 0.5) is 11.8 Å². The van der Waals surface area contributed by atoms with Crippen LogP contribution in [0.25, 0.3) is 5.57 Å². The fraction of sp³-hybridized carbons (Fsp3) is 0.238. The maximum absolute atomic E-state index is 9.77. The zero-order chi connectivity index (χ0) is 19.2. The molecule has 0 atom stereocenters. The van der Waals surface area contributed by atoms with E-state index in [0.717, 1.165) is 24.5 Å². The lowest BCUT2D eigenvalue weighted by Gasteiger charge is -2.18. The van der Waals surface area contributed by atoms with E-state index in [1.165, 1.54) is 12.8 Å². The van der Waals surface area contributed by atoms with Gasteiger partial charge in [0.25, 0.3) is 0 Å². The quantitative estimate of drug-likeness (QED) is 0.691. The van der Waals surface area contributed by atoms with E-state index in [2.05, 4.69) is 37.0 Å². The number of dihydropyridines is 1. The van der Waals surface area contributed by atoms with Crippen LogP contribution in [-0.2, 0) is 0 Å². The van der Waals surface area contributed by atoms with E-state index in [-0.39, 0.29) is 0 Å². The van der Waals surface area contributed by atoms with Gasteiger partial charge in [0.2, 0.25) is 5.95 Å². The number of nitriles is 1. The number of allylic oxidation sites excluding steroid dienone is 4. The van der Waals surface area contributed by atoms with Crippen molar-refractivity contribution in [3.8, 4) is 6.07 Å². The fourth-order valence-electron chi connectivity index (χ4n) is 3.34. The normalized spacial score (nSPS) is 18.0. The van der Waals surface area contributed by atoms with E-state index in [4.69, 9.17) is 0 Å². The summed E-state index contributed by atoms with van der Waals surface area (Å²) in [6.45, 7) is 0. The van der Waals surface area contributed by atoms with Gasteiger partial charge in [-0.1, -0.05) is 25.0 Å². The van der Waals surface area contributed by atoms with Gasteiger partial charge in [-0.2, -0.15) is 5.26 Å². The standard InChI is InChI=1S/C21H21N7/c22-14-16(18-11-13-24-21(27-18)25-15-6-1-2-7-15)17-8-5-10-20(26-17)28-19-9-3-4-12-23-19/h3-5,8-13,15,26H,1-2,6-7H2,(H,23,28)(H,24,25,27)/b17-16+. The van der Waals surface area contributed by atoms with Gasteiger partial charge < -0.3 is 16.0 Å². The van der Waals surface area contributed by atoms with Crippen molar-refractivity contribution < 1.29 is 0 Å². The van der Waals surface area contributed by atoms with Crippen molar-refractivity contribution in [3.63, 3.8) is 0 Å². The van der Waals surface area contributed by atoms with E-state index in [1.807, 2.05) is 36.4 Å². The summed E-state index contributed by atoms with van der Waals surface area (Å²) < 4.78 is 0. The van der Waals surface area contributed by atoms with Crippen molar-refractivity contribution in [1.82, 2.24) is 20.3 Å². The third-order valence-electron chi connectivity index (χ3n) is 4.70. The van der Waals surface area contributed by atoms with Crippen LogP contribution in [-0.4, -0.2) is 21.0 Å². The van der Waals surface area contributed by atoms with Crippen molar-refractivity contribution in [3.05, 3.63) is 72.1 Å². The topological polar surface area (TPSA) is 98.5 Å². The summed E-state index contributed by atoms with van der Waals surface area (Å²) in [7, 11) is 0. The molecule has 0 amide bonds. The average molecular weight is 371 g/mol. The molecule has 4 rings (SSSR count). The van der Waals surface area contributed by atoms with Gasteiger partial charge >= 0.3 is 0 Å². The summed E-state index contributed by atoms with van der Waals surface area (Å²) in [6.07, 6.45) is 13.8. The molecule has 3 N–H and O–H groups in total. The predicted octanol–water partition coefficient (Wildman–Crippen LogP) is 3.57. The zero-order valence-corrected chi connectivity index (χ0v) is 15.4. The Labute approximate surface area is 163 Å². The highest BCUT2D eigenvalue weighted by Crippen LogP contribution is 2.23. The molecule has 0 aromatic carbocycles. The van der Waals surface area contributed by atoms with E-state index in [1.54, 1.807) is 18.5 Å². The number of rotatable bonds is 5. The van der Waals surface area contributed by atoms with Crippen molar-refractivity contribution >= 4 is 17.3 Å². The molecular weight excluding hydrogens is 350 g/mol. The Balaban J connectivity index is 1.54. The van der Waals surface area contributed by atoms with E-state index >= 15 is 0 Å². The molecule has 2 aromatic rings. The minimum atomic E-state index is 0.415. The average Bonchev–Trinajstić information content (AvgIpc) is 3.23. The Morgan fingerprint density at radius 1 is 1.14 bits per heavy atom. The number of hydrogen-bond donors (Lipinski definition) is 3. The Bertz CT molecular complexity index is 964. The Morgan fingerprint density at radius 2 is 2.04 bits per heavy atom. The highest BCUT2D eigenvalue weighted by molar-refractivity contribution is 5.79. The summed E-state index contributed by atoms with van der Waals surface area (Å²) in [6, 6.07) is 10.1. The van der Waals surface area contributed by atoms with Crippen LogP contribution in [0.15, 0.2) is 66.4 Å². The van der Waals surface area contributed by atoms with Gasteiger partial charge in [-0.25, -0.2) is 15.0 Å². The molecule has 3 heterocycles. The molecule has 2 aliphatic rings. The summed E-state index contributed by atoms with van der Waals surface area (Å²) in [5.74, 6) is 2.03. The second-order valence-corrected chi connectivity index (χ2v) is 6.70. The third kappa shape index (κ3) is 4.18. The SMILES string of the molecule is N#C/C(=C1/C=CC=C(Nc2ccccn2)N1)c1ccnc(NC2CCCC2)n1. The van der Waals surface area contributed by atoms with E-state index < -0.39 is 0 Å². The lowest BCUT2D eigenvalue weighted by atomic mass is 10.1. The second-order valence-electron chi connectivity index (χ2n) is 6.70. The molecule has 0 unspecified atom stereocenters. The fourth-order valence-corrected chi connectivity index (χ4v) is 3.34. The minimum absolute atomic E-state index is 0.415. The number of nitrogens with zero attached hydrogens (tertiary/aromatic N) is 4. The number of aromatic nitrogens is 3. The second kappa shape index (κ2) is 8.35. The molecule has 1 aliphatic carbocycles. The van der Waals surface area contributed by atoms with Gasteiger partial charge in [0.15, 0.2) is 0 Å². The van der Waals surface area contributed by atoms with Crippen molar-refractivity contribution in [2.45, 2.75) is 31.7 Å². The molecule has 1 saturated carbocycles. The smallest absolute Gasteiger partial charge is 0.223 e. The monoisotopic (exact) mass is 371 g/mol. The number of anilines is 2. The molecule has 2 aromatic heterocycles. The minimum Gasteiger partial charge on any atom is -0.351 e. The van der Waals surface area contributed by atoms with Gasteiger partial charge in [0.05, 0.1) is 11.4 Å². The molecule has 7 nitrogen and oxygen atoms in total. The van der Waals surface area contributed by atoms with Crippen LogP contribution in [0.1, 0.15) is 31.4 Å². The Morgan fingerprint density at radius 3 is 2.82 bits per heavy atom. The van der Waals surface area contributed by atoms with Crippen molar-refractivity contribution in [2.24, 2.45) is 0 Å². The van der Waals surface area contributed by atoms with E-state index in [0.29, 0.717) is 29.0 Å². The first-order valence-corrected chi connectivity index (χ1v) is 9.39. The first-order valence-electron chi connectivity index (χ1n) is 9.39. The first kappa shape index (κ1) is 17.7. The summed E-state index contributed by atoms with van der Waals surface area (Å²) >= 11 is 0. The molecule has 1 fully saturated rings. The highest BCUT2D eigenvalue weighted by Gasteiger charge is 2.17. The zero-order valence-electron chi connectivity index (χ0n) is 15.4. The van der Waals surface area contributed by atoms with Gasteiger partial charge in [0.1, 0.15) is 23.3 Å². The van der Waals surface area contributed by atoms with Crippen LogP contribution in [0.2, 0.25) is 0 Å². The van der Waals surface area contributed by atoms with Crippen LogP contribution in [0, 0.1) is 11.3 Å². The van der Waals surface area contributed by atoms with Crippen molar-refractivity contribution in [1.29, 1.82) is 5.26 Å². The molecule has 1 aliphatic heterocycles. The molecule has 0 spiro atoms. The lowest BCUT2D eigenvalue weighted by Crippen LogP contribution is -2.22. The lowest BCUT2D eigenvalue weighted by molar-refractivity contribution is 0.743. The summed E-state index contributed by atoms with van der Waals surface area (Å²) in [5, 5.41) is 19.6. The van der Waals surface area contributed by atoms with Gasteiger partial charge in [0, 0.05) is 18.4 Å². The predicted molar refractivity (Wildman–Crippen MR) is 109 cm³/mol. The Kier molecular flexibility index (Phi) is 5.29. The molecular formula is C21H21N7. The highest BCUT2D eigenvalue weighted by atomic mass is 15.1. The van der Waals surface area contributed by atoms with Crippen LogP contribution in [0.5, 0.6) is 0 Å². The van der Waals surface area contributed by atoms with Crippen LogP contribution in [0.3, 0.4) is 0 Å². The molecule has 28 heavy (non-hydrogen) atoms. The van der Waals surface area contributed by atoms with Gasteiger partial charge in [-0.15, -0.1) is 0 Å². The molecule has 7 heteroatoms. The molecule has 0 radical (unpaired) electrons. The van der Waals surface area contributed by atoms with Crippen LogP contribution < -0.4 is 16.0 Å². The number of pyridine rings is 1. The van der Waals surface area contributed by atoms with Crippen molar-refractivity contribution in [2.75, 3.05) is 10.6 Å². The van der Waals surface area contributed by atoms with Gasteiger partial charge in [-0.3, -0.25) is 0 Å². The molecule has 140 valence electrons. The third-order valence-corrected chi connectivity index (χ3v) is 4.70. The Hall–Kier alpha value is -3.66. The number of nitrogens with one attached hydrogen (secondary N) is 3. The summed E-state index contributed by atoms with van der Waals surface area (Å²) in [5.41, 5.74) is 1.72. The summed E-state index contributed by atoms with van der Waals surface area (Å²) in [4.78, 5) is 13.1. The van der Waals surface area contributed by atoms with Crippen LogP contribution >= 0.6 is 0 Å². The first-order chi connectivity index (χ1) is 13.8. The van der Waals surface area contributed by atoms with Gasteiger partial charge in [-0.05, 0) is 43.2 Å². The van der Waals surface area contributed by atoms with E-state index in [9.17, 15) is 5.26 Å². The molecule has 0 saturated heterocycles. The maximum Gasteiger partial charge on any atom is 0.223 e. The largest absolute Gasteiger partial charge is 0.351 e. The molecule has 0 bridgehead atoms. The maximum atomic E-state index is 9.77. The number of hydrogen-bond acceptors (Lipinski definition) is 7.